The number of nitrogens with one attached hydrogen (secondary N) is 1. The highest BCUT2D eigenvalue weighted by Gasteiger charge is 2.17. The standard InChI is InChI=1S/C14H22N2O2S/c1-13(12-16-9-5-6-10-16)11-15-19(17,18)14-7-3-2-4-8-14/h2-4,7-8,13,15H,5-6,9-12H2,1H3. The molecule has 1 unspecified atom stereocenters. The molecule has 1 aromatic carbocycles. The lowest BCUT2D eigenvalue weighted by Crippen LogP contribution is -2.34. The molecule has 1 aliphatic rings. The molecule has 1 fully saturated rings. The van der Waals surface area contributed by atoms with Crippen LogP contribution in [0.15, 0.2) is 35.2 Å². The third kappa shape index (κ3) is 4.30. The molecule has 0 spiro atoms. The van der Waals surface area contributed by atoms with Crippen LogP contribution in [0, 0.1) is 5.92 Å². The number of hydrogen-bond donors (Lipinski definition) is 1. The highest BCUT2D eigenvalue weighted by molar-refractivity contribution is 7.89. The first-order chi connectivity index (χ1) is 9.08. The van der Waals surface area contributed by atoms with Crippen LogP contribution < -0.4 is 4.72 Å². The summed E-state index contributed by atoms with van der Waals surface area (Å²) in [6.45, 7) is 5.85. The van der Waals surface area contributed by atoms with Crippen LogP contribution in [0.2, 0.25) is 0 Å². The Morgan fingerprint density at radius 3 is 2.47 bits per heavy atom. The molecule has 19 heavy (non-hydrogen) atoms. The van der Waals surface area contributed by atoms with Gasteiger partial charge in [0.25, 0.3) is 0 Å². The van der Waals surface area contributed by atoms with Crippen LogP contribution in [0.4, 0.5) is 0 Å². The summed E-state index contributed by atoms with van der Waals surface area (Å²) in [5, 5.41) is 0. The molecule has 1 aliphatic heterocycles. The van der Waals surface area contributed by atoms with Gasteiger partial charge in [0.05, 0.1) is 4.90 Å². The van der Waals surface area contributed by atoms with Crippen LogP contribution in [0.1, 0.15) is 19.8 Å². The van der Waals surface area contributed by atoms with E-state index in [1.54, 1.807) is 24.3 Å². The number of sulfonamides is 1. The summed E-state index contributed by atoms with van der Waals surface area (Å²) < 4.78 is 26.8. The van der Waals surface area contributed by atoms with Crippen LogP contribution in [-0.4, -0.2) is 39.5 Å². The van der Waals surface area contributed by atoms with Gasteiger partial charge in [0, 0.05) is 13.1 Å². The third-order valence-electron chi connectivity index (χ3n) is 3.44. The Hall–Kier alpha value is -0.910. The van der Waals surface area contributed by atoms with Crippen LogP contribution in [0.3, 0.4) is 0 Å². The number of nitrogens with zero attached hydrogens (tertiary/aromatic N) is 1. The second kappa shape index (κ2) is 6.50. The first kappa shape index (κ1) is 14.5. The minimum absolute atomic E-state index is 0.330. The van der Waals surface area contributed by atoms with Crippen molar-refractivity contribution in [1.82, 2.24) is 9.62 Å². The van der Waals surface area contributed by atoms with Crippen molar-refractivity contribution in [3.8, 4) is 0 Å². The highest BCUT2D eigenvalue weighted by Crippen LogP contribution is 2.11. The summed E-state index contributed by atoms with van der Waals surface area (Å²) in [5.74, 6) is 0.330. The fourth-order valence-electron chi connectivity index (χ4n) is 2.41. The van der Waals surface area contributed by atoms with Crippen molar-refractivity contribution in [2.75, 3.05) is 26.2 Å². The normalized spacial score (nSPS) is 18.6. The maximum atomic E-state index is 12.0. The maximum Gasteiger partial charge on any atom is 0.240 e. The SMILES string of the molecule is CC(CNS(=O)(=O)c1ccccc1)CN1CCCC1. The molecule has 0 aromatic heterocycles. The predicted molar refractivity (Wildman–Crippen MR) is 76.5 cm³/mol. The molecule has 5 heteroatoms. The Morgan fingerprint density at radius 1 is 1.21 bits per heavy atom. The molecule has 4 nitrogen and oxygen atoms in total. The molecular formula is C14H22N2O2S. The molecule has 0 saturated carbocycles. The van der Waals surface area contributed by atoms with Crippen molar-refractivity contribution in [3.05, 3.63) is 30.3 Å². The van der Waals surface area contributed by atoms with E-state index in [4.69, 9.17) is 0 Å². The Kier molecular flexibility index (Phi) is 4.96. The topological polar surface area (TPSA) is 49.4 Å². The van der Waals surface area contributed by atoms with Gasteiger partial charge in [-0.1, -0.05) is 25.1 Å². The number of hydrogen-bond acceptors (Lipinski definition) is 3. The van der Waals surface area contributed by atoms with E-state index in [-0.39, 0.29) is 0 Å². The van der Waals surface area contributed by atoms with E-state index in [9.17, 15) is 8.42 Å². The van der Waals surface area contributed by atoms with Gasteiger partial charge >= 0.3 is 0 Å². The van der Waals surface area contributed by atoms with Crippen LogP contribution in [-0.2, 0) is 10.0 Å². The second-order valence-corrected chi connectivity index (χ2v) is 7.04. The maximum absolute atomic E-state index is 12.0. The van der Waals surface area contributed by atoms with Gasteiger partial charge in [-0.25, -0.2) is 13.1 Å². The van der Waals surface area contributed by atoms with E-state index in [1.165, 1.54) is 12.8 Å². The van der Waals surface area contributed by atoms with E-state index in [2.05, 4.69) is 16.5 Å². The minimum atomic E-state index is -3.36. The Balaban J connectivity index is 1.84. The predicted octanol–water partition coefficient (Wildman–Crippen LogP) is 1.70. The zero-order valence-corrected chi connectivity index (χ0v) is 12.2. The van der Waals surface area contributed by atoms with Crippen molar-refractivity contribution in [2.24, 2.45) is 5.92 Å². The molecule has 0 aliphatic carbocycles. The first-order valence-corrected chi connectivity index (χ1v) is 8.33. The van der Waals surface area contributed by atoms with Gasteiger partial charge in [-0.2, -0.15) is 0 Å². The molecule has 1 atom stereocenters. The Bertz CT molecular complexity index is 481. The van der Waals surface area contributed by atoms with Crippen molar-refractivity contribution >= 4 is 10.0 Å². The summed E-state index contributed by atoms with van der Waals surface area (Å²) in [6, 6.07) is 8.53. The van der Waals surface area contributed by atoms with Gasteiger partial charge < -0.3 is 4.90 Å². The van der Waals surface area contributed by atoms with Crippen molar-refractivity contribution in [2.45, 2.75) is 24.7 Å². The van der Waals surface area contributed by atoms with Gasteiger partial charge in [0.15, 0.2) is 0 Å². The summed E-state index contributed by atoms with van der Waals surface area (Å²) >= 11 is 0. The minimum Gasteiger partial charge on any atom is -0.303 e. The molecule has 1 heterocycles. The highest BCUT2D eigenvalue weighted by atomic mass is 32.2. The number of rotatable bonds is 6. The zero-order valence-electron chi connectivity index (χ0n) is 11.4. The lowest BCUT2D eigenvalue weighted by atomic mass is 10.2. The molecule has 106 valence electrons. The average molecular weight is 282 g/mol. The zero-order chi connectivity index (χ0) is 13.7. The van der Waals surface area contributed by atoms with E-state index >= 15 is 0 Å². The molecule has 1 N–H and O–H groups in total. The monoisotopic (exact) mass is 282 g/mol. The lowest BCUT2D eigenvalue weighted by molar-refractivity contribution is 0.288. The van der Waals surface area contributed by atoms with Gasteiger partial charge in [-0.05, 0) is 44.0 Å². The molecular weight excluding hydrogens is 260 g/mol. The number of benzene rings is 1. The smallest absolute Gasteiger partial charge is 0.240 e. The summed E-state index contributed by atoms with van der Waals surface area (Å²) in [5.41, 5.74) is 0. The second-order valence-electron chi connectivity index (χ2n) is 5.28. The lowest BCUT2D eigenvalue weighted by Gasteiger charge is -2.20. The van der Waals surface area contributed by atoms with E-state index in [0.29, 0.717) is 17.4 Å². The van der Waals surface area contributed by atoms with Crippen molar-refractivity contribution in [3.63, 3.8) is 0 Å². The fourth-order valence-corrected chi connectivity index (χ4v) is 3.59. The molecule has 0 amide bonds. The average Bonchev–Trinajstić information content (AvgIpc) is 2.90. The van der Waals surface area contributed by atoms with E-state index in [0.717, 1.165) is 19.6 Å². The fraction of sp³-hybridized carbons (Fsp3) is 0.571. The van der Waals surface area contributed by atoms with Crippen molar-refractivity contribution in [1.29, 1.82) is 0 Å². The van der Waals surface area contributed by atoms with Gasteiger partial charge in [-0.3, -0.25) is 0 Å². The van der Waals surface area contributed by atoms with Gasteiger partial charge in [-0.15, -0.1) is 0 Å². The van der Waals surface area contributed by atoms with Crippen LogP contribution >= 0.6 is 0 Å². The number of likely N-dealkylation sites (tertiary alicyclic amines) is 1. The molecule has 1 saturated heterocycles. The van der Waals surface area contributed by atoms with Crippen LogP contribution in [0.25, 0.3) is 0 Å². The summed E-state index contributed by atoms with van der Waals surface area (Å²) in [7, 11) is -3.36. The quantitative estimate of drug-likeness (QED) is 0.864. The molecule has 0 bridgehead atoms. The largest absolute Gasteiger partial charge is 0.303 e. The van der Waals surface area contributed by atoms with E-state index in [1.807, 2.05) is 6.07 Å². The van der Waals surface area contributed by atoms with Gasteiger partial charge in [0.2, 0.25) is 10.0 Å². The Labute approximate surface area is 115 Å². The molecule has 2 rings (SSSR count). The molecule has 0 radical (unpaired) electrons. The third-order valence-corrected chi connectivity index (χ3v) is 4.88. The summed E-state index contributed by atoms with van der Waals surface area (Å²) in [4.78, 5) is 2.74. The van der Waals surface area contributed by atoms with Gasteiger partial charge in [0.1, 0.15) is 0 Å². The Morgan fingerprint density at radius 2 is 1.84 bits per heavy atom. The van der Waals surface area contributed by atoms with E-state index < -0.39 is 10.0 Å². The van der Waals surface area contributed by atoms with Crippen molar-refractivity contribution < 1.29 is 8.42 Å². The summed E-state index contributed by atoms with van der Waals surface area (Å²) in [6.07, 6.45) is 2.53. The van der Waals surface area contributed by atoms with Crippen LogP contribution in [0.5, 0.6) is 0 Å². The first-order valence-electron chi connectivity index (χ1n) is 6.85. The molecule has 1 aromatic rings.